The summed E-state index contributed by atoms with van der Waals surface area (Å²) in [6.45, 7) is 4.11. The van der Waals surface area contributed by atoms with Crippen LogP contribution >= 0.6 is 0 Å². The van der Waals surface area contributed by atoms with Gasteiger partial charge < -0.3 is 14.2 Å². The van der Waals surface area contributed by atoms with Gasteiger partial charge in [0.2, 0.25) is 0 Å². The summed E-state index contributed by atoms with van der Waals surface area (Å²) in [7, 11) is 0. The standard InChI is InChI=1S/C13H18O3/c1-11(9-13-14-7-8-15-13)16-10-12-5-3-2-4-6-12/h2-6,11,13H,7-10H2,1H3. The van der Waals surface area contributed by atoms with Crippen molar-refractivity contribution >= 4 is 0 Å². The Morgan fingerprint density at radius 1 is 1.25 bits per heavy atom. The van der Waals surface area contributed by atoms with E-state index in [-0.39, 0.29) is 12.4 Å². The maximum atomic E-state index is 5.73. The monoisotopic (exact) mass is 222 g/mol. The van der Waals surface area contributed by atoms with Gasteiger partial charge in [-0.3, -0.25) is 0 Å². The minimum absolute atomic E-state index is 0.0780. The first kappa shape index (κ1) is 11.6. The van der Waals surface area contributed by atoms with Gasteiger partial charge in [0.15, 0.2) is 6.29 Å². The summed E-state index contributed by atoms with van der Waals surface area (Å²) in [6, 6.07) is 10.2. The molecule has 1 aromatic rings. The van der Waals surface area contributed by atoms with Crippen molar-refractivity contribution in [1.29, 1.82) is 0 Å². The largest absolute Gasteiger partial charge is 0.374 e. The quantitative estimate of drug-likeness (QED) is 0.765. The van der Waals surface area contributed by atoms with Gasteiger partial charge in [-0.25, -0.2) is 0 Å². The molecule has 0 saturated carbocycles. The van der Waals surface area contributed by atoms with Gasteiger partial charge in [0, 0.05) is 6.42 Å². The van der Waals surface area contributed by atoms with Gasteiger partial charge in [-0.15, -0.1) is 0 Å². The number of rotatable bonds is 5. The van der Waals surface area contributed by atoms with Crippen LogP contribution in [0, 0.1) is 0 Å². The minimum atomic E-state index is -0.0780. The number of benzene rings is 1. The van der Waals surface area contributed by atoms with Crippen molar-refractivity contribution in [2.75, 3.05) is 13.2 Å². The first-order chi connectivity index (χ1) is 7.84. The fourth-order valence-electron chi connectivity index (χ4n) is 1.70. The molecular weight excluding hydrogens is 204 g/mol. The SMILES string of the molecule is CC(CC1OCCO1)OCc1ccccc1. The lowest BCUT2D eigenvalue weighted by molar-refractivity contribution is -0.0824. The Labute approximate surface area is 96.3 Å². The first-order valence-electron chi connectivity index (χ1n) is 5.73. The van der Waals surface area contributed by atoms with Gasteiger partial charge in [0.05, 0.1) is 25.9 Å². The van der Waals surface area contributed by atoms with E-state index in [0.717, 1.165) is 6.42 Å². The molecule has 0 spiro atoms. The van der Waals surface area contributed by atoms with Crippen molar-refractivity contribution in [1.82, 2.24) is 0 Å². The fourth-order valence-corrected chi connectivity index (χ4v) is 1.70. The zero-order chi connectivity index (χ0) is 11.2. The summed E-state index contributed by atoms with van der Waals surface area (Å²) in [6.07, 6.45) is 0.876. The van der Waals surface area contributed by atoms with Crippen LogP contribution in [0.1, 0.15) is 18.9 Å². The molecule has 1 aliphatic heterocycles. The number of hydrogen-bond donors (Lipinski definition) is 0. The molecule has 1 heterocycles. The number of ether oxygens (including phenoxy) is 3. The van der Waals surface area contributed by atoms with E-state index in [1.165, 1.54) is 5.56 Å². The van der Waals surface area contributed by atoms with Crippen LogP contribution < -0.4 is 0 Å². The molecule has 1 saturated heterocycles. The summed E-state index contributed by atoms with van der Waals surface area (Å²) in [5, 5.41) is 0. The van der Waals surface area contributed by atoms with Crippen LogP contribution in [-0.2, 0) is 20.8 Å². The van der Waals surface area contributed by atoms with E-state index < -0.39 is 0 Å². The maximum absolute atomic E-state index is 5.73. The van der Waals surface area contributed by atoms with Crippen LogP contribution in [-0.4, -0.2) is 25.6 Å². The van der Waals surface area contributed by atoms with Crippen molar-refractivity contribution in [2.24, 2.45) is 0 Å². The van der Waals surface area contributed by atoms with Crippen molar-refractivity contribution in [3.05, 3.63) is 35.9 Å². The molecule has 1 atom stereocenters. The summed E-state index contributed by atoms with van der Waals surface area (Å²) < 4.78 is 16.5. The molecule has 88 valence electrons. The first-order valence-corrected chi connectivity index (χ1v) is 5.73. The topological polar surface area (TPSA) is 27.7 Å². The van der Waals surface area contributed by atoms with E-state index >= 15 is 0 Å². The molecule has 0 radical (unpaired) electrons. The second-order valence-corrected chi connectivity index (χ2v) is 4.01. The molecule has 1 unspecified atom stereocenters. The molecule has 16 heavy (non-hydrogen) atoms. The number of hydrogen-bond acceptors (Lipinski definition) is 3. The fraction of sp³-hybridized carbons (Fsp3) is 0.538. The highest BCUT2D eigenvalue weighted by Gasteiger charge is 2.19. The Bertz CT molecular complexity index is 293. The predicted molar refractivity (Wildman–Crippen MR) is 61.0 cm³/mol. The summed E-state index contributed by atoms with van der Waals surface area (Å²) >= 11 is 0. The van der Waals surface area contributed by atoms with Gasteiger partial charge in [-0.2, -0.15) is 0 Å². The Kier molecular flexibility index (Phi) is 4.34. The van der Waals surface area contributed by atoms with Crippen molar-refractivity contribution in [3.63, 3.8) is 0 Å². The summed E-state index contributed by atoms with van der Waals surface area (Å²) in [4.78, 5) is 0. The predicted octanol–water partition coefficient (Wildman–Crippen LogP) is 2.35. The maximum Gasteiger partial charge on any atom is 0.160 e. The molecule has 0 aliphatic carbocycles. The molecule has 0 aromatic heterocycles. The molecule has 0 amide bonds. The van der Waals surface area contributed by atoms with Gasteiger partial charge in [0.1, 0.15) is 0 Å². The van der Waals surface area contributed by atoms with Crippen LogP contribution in [0.4, 0.5) is 0 Å². The smallest absolute Gasteiger partial charge is 0.160 e. The molecule has 3 heteroatoms. The Hall–Kier alpha value is -0.900. The van der Waals surface area contributed by atoms with Crippen LogP contribution in [0.3, 0.4) is 0 Å². The molecule has 0 N–H and O–H groups in total. The molecule has 0 bridgehead atoms. The summed E-state index contributed by atoms with van der Waals surface area (Å²) in [5.41, 5.74) is 1.20. The van der Waals surface area contributed by atoms with E-state index in [0.29, 0.717) is 19.8 Å². The molecule has 1 aromatic carbocycles. The Morgan fingerprint density at radius 2 is 1.94 bits per heavy atom. The highest BCUT2D eigenvalue weighted by molar-refractivity contribution is 5.13. The van der Waals surface area contributed by atoms with Crippen LogP contribution in [0.5, 0.6) is 0 Å². The average molecular weight is 222 g/mol. The van der Waals surface area contributed by atoms with Gasteiger partial charge >= 0.3 is 0 Å². The normalized spacial score (nSPS) is 18.8. The zero-order valence-corrected chi connectivity index (χ0v) is 9.59. The van der Waals surface area contributed by atoms with Crippen molar-refractivity contribution in [3.8, 4) is 0 Å². The van der Waals surface area contributed by atoms with Crippen molar-refractivity contribution in [2.45, 2.75) is 32.3 Å². The van der Waals surface area contributed by atoms with Gasteiger partial charge in [-0.05, 0) is 12.5 Å². The van der Waals surface area contributed by atoms with E-state index in [1.54, 1.807) is 0 Å². The van der Waals surface area contributed by atoms with E-state index in [4.69, 9.17) is 14.2 Å². The van der Waals surface area contributed by atoms with Gasteiger partial charge in [-0.1, -0.05) is 30.3 Å². The lowest BCUT2D eigenvalue weighted by atomic mass is 10.2. The second-order valence-electron chi connectivity index (χ2n) is 4.01. The minimum Gasteiger partial charge on any atom is -0.374 e. The molecule has 2 rings (SSSR count). The van der Waals surface area contributed by atoms with Crippen LogP contribution in [0.15, 0.2) is 30.3 Å². The summed E-state index contributed by atoms with van der Waals surface area (Å²) in [5.74, 6) is 0. The van der Waals surface area contributed by atoms with Gasteiger partial charge in [0.25, 0.3) is 0 Å². The third-order valence-corrected chi connectivity index (χ3v) is 2.59. The third kappa shape index (κ3) is 3.59. The van der Waals surface area contributed by atoms with Crippen molar-refractivity contribution < 1.29 is 14.2 Å². The van der Waals surface area contributed by atoms with Crippen LogP contribution in [0.25, 0.3) is 0 Å². The van der Waals surface area contributed by atoms with E-state index in [9.17, 15) is 0 Å². The second kappa shape index (κ2) is 5.99. The molecule has 3 nitrogen and oxygen atoms in total. The van der Waals surface area contributed by atoms with E-state index in [2.05, 4.69) is 12.1 Å². The molecule has 1 aliphatic rings. The third-order valence-electron chi connectivity index (χ3n) is 2.59. The molecule has 1 fully saturated rings. The lowest BCUT2D eigenvalue weighted by Crippen LogP contribution is -2.18. The van der Waals surface area contributed by atoms with Crippen LogP contribution in [0.2, 0.25) is 0 Å². The Morgan fingerprint density at radius 3 is 2.62 bits per heavy atom. The molecular formula is C13H18O3. The highest BCUT2D eigenvalue weighted by Crippen LogP contribution is 2.13. The highest BCUT2D eigenvalue weighted by atomic mass is 16.7. The average Bonchev–Trinajstić information content (AvgIpc) is 2.81. The Balaban J connectivity index is 1.69. The lowest BCUT2D eigenvalue weighted by Gasteiger charge is -2.16. The van der Waals surface area contributed by atoms with E-state index in [1.807, 2.05) is 25.1 Å². The zero-order valence-electron chi connectivity index (χ0n) is 9.59.